The van der Waals surface area contributed by atoms with Crippen LogP contribution in [-0.4, -0.2) is 16.2 Å². The van der Waals surface area contributed by atoms with Gasteiger partial charge in [-0.2, -0.15) is 0 Å². The molecule has 1 heterocycles. The highest BCUT2D eigenvalue weighted by molar-refractivity contribution is 7.98. The van der Waals surface area contributed by atoms with Gasteiger partial charge in [-0.25, -0.2) is 9.18 Å². The number of imidazole rings is 1. The summed E-state index contributed by atoms with van der Waals surface area (Å²) in [5.41, 5.74) is 0.365. The van der Waals surface area contributed by atoms with E-state index in [0.29, 0.717) is 5.52 Å². The van der Waals surface area contributed by atoms with Gasteiger partial charge in [0.1, 0.15) is 11.3 Å². The Hall–Kier alpha value is -1.23. The first-order valence-electron chi connectivity index (χ1n) is 3.66. The van der Waals surface area contributed by atoms with E-state index in [1.165, 1.54) is 17.8 Å². The maximum absolute atomic E-state index is 13.2. The summed E-state index contributed by atoms with van der Waals surface area (Å²) >= 11 is 1.43. The van der Waals surface area contributed by atoms with Crippen LogP contribution in [-0.2, 0) is 0 Å². The van der Waals surface area contributed by atoms with E-state index in [0.717, 1.165) is 4.90 Å². The molecule has 0 aliphatic carbocycles. The molecule has 2 rings (SSSR count). The van der Waals surface area contributed by atoms with Crippen LogP contribution in [0.5, 0.6) is 0 Å². The fraction of sp³-hybridized carbons (Fsp3) is 0.125. The first kappa shape index (κ1) is 8.37. The lowest BCUT2D eigenvalue weighted by Gasteiger charge is -1.96. The van der Waals surface area contributed by atoms with Gasteiger partial charge in [0, 0.05) is 4.90 Å². The molecule has 0 unspecified atom stereocenters. The van der Waals surface area contributed by atoms with E-state index in [1.54, 1.807) is 6.07 Å². The molecular formula is C8H7FN2OS. The van der Waals surface area contributed by atoms with Gasteiger partial charge in [-0.3, -0.25) is 0 Å². The molecule has 0 bridgehead atoms. The van der Waals surface area contributed by atoms with E-state index in [4.69, 9.17) is 0 Å². The van der Waals surface area contributed by atoms with Crippen LogP contribution in [0, 0.1) is 5.82 Å². The molecule has 0 radical (unpaired) electrons. The van der Waals surface area contributed by atoms with E-state index in [9.17, 15) is 9.18 Å². The highest BCUT2D eigenvalue weighted by Crippen LogP contribution is 2.21. The third kappa shape index (κ3) is 1.35. The molecule has 3 nitrogen and oxygen atoms in total. The van der Waals surface area contributed by atoms with Gasteiger partial charge in [-0.05, 0) is 18.4 Å². The monoisotopic (exact) mass is 198 g/mol. The van der Waals surface area contributed by atoms with Crippen molar-refractivity contribution < 1.29 is 4.39 Å². The largest absolute Gasteiger partial charge is 0.323 e. The number of aromatic nitrogens is 2. The number of hydrogen-bond donors (Lipinski definition) is 2. The van der Waals surface area contributed by atoms with E-state index in [1.807, 2.05) is 6.26 Å². The number of halogens is 1. The van der Waals surface area contributed by atoms with Gasteiger partial charge in [-0.15, -0.1) is 11.8 Å². The molecule has 1 aromatic carbocycles. The van der Waals surface area contributed by atoms with Crippen molar-refractivity contribution in [2.75, 3.05) is 6.26 Å². The summed E-state index contributed by atoms with van der Waals surface area (Å²) in [5, 5.41) is 0. The molecule has 0 saturated heterocycles. The van der Waals surface area contributed by atoms with Crippen molar-refractivity contribution in [3.63, 3.8) is 0 Å². The molecule has 68 valence electrons. The maximum Gasteiger partial charge on any atom is 0.323 e. The summed E-state index contributed by atoms with van der Waals surface area (Å²) in [4.78, 5) is 16.5. The second-order valence-electron chi connectivity index (χ2n) is 2.61. The van der Waals surface area contributed by atoms with Crippen molar-refractivity contribution in [3.8, 4) is 0 Å². The normalized spacial score (nSPS) is 10.9. The molecule has 0 saturated carbocycles. The number of thioether (sulfide) groups is 1. The first-order chi connectivity index (χ1) is 6.20. The Balaban J connectivity index is 2.83. The average Bonchev–Trinajstić information content (AvgIpc) is 2.46. The second kappa shape index (κ2) is 2.92. The van der Waals surface area contributed by atoms with Crippen molar-refractivity contribution in [3.05, 3.63) is 28.4 Å². The zero-order valence-electron chi connectivity index (χ0n) is 6.85. The number of aromatic amines is 2. The number of rotatable bonds is 1. The fourth-order valence-electron chi connectivity index (χ4n) is 1.19. The highest BCUT2D eigenvalue weighted by Gasteiger charge is 2.05. The number of nitrogens with one attached hydrogen (secondary N) is 2. The van der Waals surface area contributed by atoms with Crippen LogP contribution >= 0.6 is 11.8 Å². The third-order valence-electron chi connectivity index (χ3n) is 1.79. The van der Waals surface area contributed by atoms with Gasteiger partial charge >= 0.3 is 5.69 Å². The molecule has 13 heavy (non-hydrogen) atoms. The average molecular weight is 198 g/mol. The van der Waals surface area contributed by atoms with E-state index >= 15 is 0 Å². The van der Waals surface area contributed by atoms with Crippen molar-refractivity contribution in [1.29, 1.82) is 0 Å². The number of H-pyrrole nitrogens is 2. The molecule has 0 aliphatic heterocycles. The summed E-state index contributed by atoms with van der Waals surface area (Å²) in [6, 6.07) is 3.14. The molecule has 5 heteroatoms. The van der Waals surface area contributed by atoms with Gasteiger partial charge < -0.3 is 9.97 Å². The van der Waals surface area contributed by atoms with Crippen molar-refractivity contribution in [2.45, 2.75) is 4.90 Å². The van der Waals surface area contributed by atoms with Crippen molar-refractivity contribution in [2.24, 2.45) is 0 Å². The van der Waals surface area contributed by atoms with Gasteiger partial charge in [-0.1, -0.05) is 0 Å². The Morgan fingerprint density at radius 1 is 1.38 bits per heavy atom. The van der Waals surface area contributed by atoms with Crippen LogP contribution in [0.4, 0.5) is 4.39 Å². The SMILES string of the molecule is CSc1cc(F)c2[nH]c(=O)[nH]c2c1. The maximum atomic E-state index is 13.2. The van der Waals surface area contributed by atoms with Crippen LogP contribution in [0.2, 0.25) is 0 Å². The quantitative estimate of drug-likeness (QED) is 0.685. The van der Waals surface area contributed by atoms with Crippen molar-refractivity contribution >= 4 is 22.8 Å². The van der Waals surface area contributed by atoms with E-state index in [-0.39, 0.29) is 11.2 Å². The second-order valence-corrected chi connectivity index (χ2v) is 3.49. The molecular weight excluding hydrogens is 191 g/mol. The predicted molar refractivity (Wildman–Crippen MR) is 50.7 cm³/mol. The van der Waals surface area contributed by atoms with E-state index in [2.05, 4.69) is 9.97 Å². The van der Waals surface area contributed by atoms with Crippen LogP contribution in [0.25, 0.3) is 11.0 Å². The summed E-state index contributed by atoms with van der Waals surface area (Å²) in [6.07, 6.45) is 1.85. The molecule has 0 amide bonds. The third-order valence-corrected chi connectivity index (χ3v) is 2.49. The number of benzene rings is 1. The highest BCUT2D eigenvalue weighted by atomic mass is 32.2. The lowest BCUT2D eigenvalue weighted by molar-refractivity contribution is 0.634. The van der Waals surface area contributed by atoms with Gasteiger partial charge in [0.15, 0.2) is 0 Å². The lowest BCUT2D eigenvalue weighted by Crippen LogP contribution is -1.99. The summed E-state index contributed by atoms with van der Waals surface area (Å²) in [6.45, 7) is 0. The Morgan fingerprint density at radius 2 is 2.15 bits per heavy atom. The summed E-state index contributed by atoms with van der Waals surface area (Å²) < 4.78 is 13.2. The van der Waals surface area contributed by atoms with E-state index < -0.39 is 5.82 Å². The Labute approximate surface area is 77.4 Å². The molecule has 0 fully saturated rings. The van der Waals surface area contributed by atoms with Gasteiger partial charge in [0.25, 0.3) is 0 Å². The Bertz CT molecular complexity index is 502. The molecule has 2 N–H and O–H groups in total. The van der Waals surface area contributed by atoms with Gasteiger partial charge in [0.2, 0.25) is 0 Å². The minimum absolute atomic E-state index is 0.239. The topological polar surface area (TPSA) is 48.6 Å². The molecule has 0 aliphatic rings. The number of fused-ring (bicyclic) bond motifs is 1. The smallest absolute Gasteiger partial charge is 0.306 e. The standard InChI is InChI=1S/C8H7FN2OS/c1-13-4-2-5(9)7-6(3-4)10-8(12)11-7/h2-3H,1H3,(H2,10,11,12). The number of hydrogen-bond acceptors (Lipinski definition) is 2. The predicted octanol–water partition coefficient (Wildman–Crippen LogP) is 1.72. The molecule has 1 aromatic heterocycles. The fourth-order valence-corrected chi connectivity index (χ4v) is 1.65. The zero-order valence-corrected chi connectivity index (χ0v) is 7.67. The summed E-state index contributed by atoms with van der Waals surface area (Å²) in [5.74, 6) is -0.403. The zero-order chi connectivity index (χ0) is 9.42. The van der Waals surface area contributed by atoms with Crippen LogP contribution in [0.3, 0.4) is 0 Å². The van der Waals surface area contributed by atoms with Crippen LogP contribution in [0.15, 0.2) is 21.8 Å². The minimum Gasteiger partial charge on any atom is -0.306 e. The molecule has 2 aromatic rings. The first-order valence-corrected chi connectivity index (χ1v) is 4.88. The Morgan fingerprint density at radius 3 is 2.85 bits per heavy atom. The molecule has 0 atom stereocenters. The van der Waals surface area contributed by atoms with Crippen molar-refractivity contribution in [1.82, 2.24) is 9.97 Å². The Kier molecular flexibility index (Phi) is 1.88. The van der Waals surface area contributed by atoms with Crippen LogP contribution in [0.1, 0.15) is 0 Å². The molecule has 0 spiro atoms. The van der Waals surface area contributed by atoms with Gasteiger partial charge in [0.05, 0.1) is 5.52 Å². The minimum atomic E-state index is -0.403. The van der Waals surface area contributed by atoms with Crippen LogP contribution < -0.4 is 5.69 Å². The summed E-state index contributed by atoms with van der Waals surface area (Å²) in [7, 11) is 0. The lowest BCUT2D eigenvalue weighted by atomic mass is 10.3.